The second kappa shape index (κ2) is 5.05. The largest absolute Gasteiger partial charge is 0.493 e. The maximum absolute atomic E-state index is 11.1. The van der Waals surface area contributed by atoms with E-state index in [1.54, 1.807) is 33.3 Å². The third-order valence-electron chi connectivity index (χ3n) is 2.58. The minimum Gasteiger partial charge on any atom is -0.493 e. The van der Waals surface area contributed by atoms with Crippen LogP contribution in [0, 0.1) is 0 Å². The lowest BCUT2D eigenvalue weighted by Gasteiger charge is -2.21. The Kier molecular flexibility index (Phi) is 3.96. The van der Waals surface area contributed by atoms with Crippen molar-refractivity contribution < 1.29 is 14.3 Å². The maximum Gasteiger partial charge on any atom is 0.237 e. The molecule has 0 heterocycles. The Labute approximate surface area is 101 Å². The number of ether oxygens (including phenoxy) is 2. The lowest BCUT2D eigenvalue weighted by molar-refractivity contribution is -0.122. The van der Waals surface area contributed by atoms with Crippen LogP contribution >= 0.6 is 0 Å². The van der Waals surface area contributed by atoms with Crippen LogP contribution < -0.4 is 20.9 Å². The summed E-state index contributed by atoms with van der Waals surface area (Å²) in [5.41, 5.74) is 10.8. The van der Waals surface area contributed by atoms with Gasteiger partial charge in [0.2, 0.25) is 5.91 Å². The van der Waals surface area contributed by atoms with Crippen LogP contribution in [0.1, 0.15) is 12.5 Å². The van der Waals surface area contributed by atoms with Crippen molar-refractivity contribution in [3.63, 3.8) is 0 Å². The molecule has 1 aromatic carbocycles. The molecule has 0 aliphatic carbocycles. The molecule has 4 N–H and O–H groups in total. The lowest BCUT2D eigenvalue weighted by Crippen LogP contribution is -2.51. The van der Waals surface area contributed by atoms with Crippen molar-refractivity contribution in [3.8, 4) is 11.5 Å². The van der Waals surface area contributed by atoms with Crippen molar-refractivity contribution >= 4 is 5.91 Å². The summed E-state index contributed by atoms with van der Waals surface area (Å²) in [5.74, 6) is 0.701. The summed E-state index contributed by atoms with van der Waals surface area (Å²) in [6, 6.07) is 5.38. The van der Waals surface area contributed by atoms with Crippen LogP contribution in [0.25, 0.3) is 0 Å². The van der Waals surface area contributed by atoms with E-state index in [4.69, 9.17) is 20.9 Å². The van der Waals surface area contributed by atoms with Gasteiger partial charge in [0, 0.05) is 0 Å². The third kappa shape index (κ3) is 3.10. The molecule has 5 nitrogen and oxygen atoms in total. The highest BCUT2D eigenvalue weighted by atomic mass is 16.5. The van der Waals surface area contributed by atoms with Crippen LogP contribution in [0.2, 0.25) is 0 Å². The Morgan fingerprint density at radius 2 is 1.88 bits per heavy atom. The van der Waals surface area contributed by atoms with Crippen LogP contribution in [-0.2, 0) is 11.2 Å². The number of carbonyl (C=O) groups excluding carboxylic acids is 1. The fraction of sp³-hybridized carbons (Fsp3) is 0.417. The summed E-state index contributed by atoms with van der Waals surface area (Å²) in [6.07, 6.45) is 0.350. The average molecular weight is 238 g/mol. The molecule has 0 fully saturated rings. The monoisotopic (exact) mass is 238 g/mol. The first kappa shape index (κ1) is 13.3. The number of nitrogens with two attached hydrogens (primary N) is 2. The zero-order valence-electron chi connectivity index (χ0n) is 10.3. The highest BCUT2D eigenvalue weighted by Gasteiger charge is 2.26. The van der Waals surface area contributed by atoms with E-state index in [0.29, 0.717) is 17.9 Å². The second-order valence-electron chi connectivity index (χ2n) is 4.15. The summed E-state index contributed by atoms with van der Waals surface area (Å²) in [5, 5.41) is 0. The number of benzene rings is 1. The molecule has 1 rings (SSSR count). The topological polar surface area (TPSA) is 87.6 Å². The van der Waals surface area contributed by atoms with Crippen molar-refractivity contribution in [3.05, 3.63) is 23.8 Å². The van der Waals surface area contributed by atoms with Gasteiger partial charge < -0.3 is 20.9 Å². The van der Waals surface area contributed by atoms with E-state index < -0.39 is 11.4 Å². The summed E-state index contributed by atoms with van der Waals surface area (Å²) >= 11 is 0. The summed E-state index contributed by atoms with van der Waals surface area (Å²) in [7, 11) is 3.12. The zero-order valence-corrected chi connectivity index (χ0v) is 10.3. The predicted octanol–water partition coefficient (Wildman–Crippen LogP) is 0.449. The van der Waals surface area contributed by atoms with Gasteiger partial charge in [-0.3, -0.25) is 4.79 Å². The average Bonchev–Trinajstić information content (AvgIpc) is 2.28. The van der Waals surface area contributed by atoms with Crippen LogP contribution in [0.15, 0.2) is 18.2 Å². The molecule has 1 atom stereocenters. The quantitative estimate of drug-likeness (QED) is 0.779. The van der Waals surface area contributed by atoms with Crippen molar-refractivity contribution in [1.82, 2.24) is 0 Å². The molecule has 0 aromatic heterocycles. The van der Waals surface area contributed by atoms with Crippen LogP contribution in [-0.4, -0.2) is 25.7 Å². The number of carbonyl (C=O) groups is 1. The number of hydrogen-bond acceptors (Lipinski definition) is 4. The minimum absolute atomic E-state index is 0.350. The standard InChI is InChI=1S/C12H18N2O3/c1-12(14,11(13)15)7-8-4-5-9(16-2)10(6-8)17-3/h4-6H,7,14H2,1-3H3,(H2,13,15). The van der Waals surface area contributed by atoms with Crippen molar-refractivity contribution in [2.75, 3.05) is 14.2 Å². The molecule has 94 valence electrons. The van der Waals surface area contributed by atoms with Gasteiger partial charge in [0.1, 0.15) is 0 Å². The minimum atomic E-state index is -1.07. The van der Waals surface area contributed by atoms with E-state index >= 15 is 0 Å². The zero-order chi connectivity index (χ0) is 13.1. The predicted molar refractivity (Wildman–Crippen MR) is 65.0 cm³/mol. The fourth-order valence-electron chi connectivity index (χ4n) is 1.50. The Balaban J connectivity index is 2.97. The highest BCUT2D eigenvalue weighted by Crippen LogP contribution is 2.28. The van der Waals surface area contributed by atoms with Crippen molar-refractivity contribution in [1.29, 1.82) is 0 Å². The van der Waals surface area contributed by atoms with Crippen LogP contribution in [0.5, 0.6) is 11.5 Å². The van der Waals surface area contributed by atoms with Crippen molar-refractivity contribution in [2.24, 2.45) is 11.5 Å². The van der Waals surface area contributed by atoms with Gasteiger partial charge in [-0.05, 0) is 31.0 Å². The van der Waals surface area contributed by atoms with E-state index in [-0.39, 0.29) is 0 Å². The number of hydrogen-bond donors (Lipinski definition) is 2. The van der Waals surface area contributed by atoms with Gasteiger partial charge in [0.25, 0.3) is 0 Å². The van der Waals surface area contributed by atoms with Gasteiger partial charge in [0.15, 0.2) is 11.5 Å². The molecule has 0 saturated heterocycles. The number of primary amides is 1. The molecule has 1 unspecified atom stereocenters. The van der Waals surface area contributed by atoms with Gasteiger partial charge in [-0.1, -0.05) is 6.07 Å². The molecule has 0 aliphatic heterocycles. The molecule has 0 saturated carbocycles. The second-order valence-corrected chi connectivity index (χ2v) is 4.15. The van der Waals surface area contributed by atoms with E-state index in [2.05, 4.69) is 0 Å². The molecule has 0 spiro atoms. The van der Waals surface area contributed by atoms with E-state index in [9.17, 15) is 4.79 Å². The first-order valence-corrected chi connectivity index (χ1v) is 5.20. The first-order chi connectivity index (χ1) is 7.90. The van der Waals surface area contributed by atoms with E-state index in [0.717, 1.165) is 5.56 Å². The van der Waals surface area contributed by atoms with E-state index in [1.807, 2.05) is 6.07 Å². The van der Waals surface area contributed by atoms with Crippen LogP contribution in [0.3, 0.4) is 0 Å². The SMILES string of the molecule is COc1ccc(CC(C)(N)C(N)=O)cc1OC. The van der Waals surface area contributed by atoms with Crippen LogP contribution in [0.4, 0.5) is 0 Å². The molecule has 1 amide bonds. The Bertz CT molecular complexity index is 416. The summed E-state index contributed by atoms with van der Waals surface area (Å²) < 4.78 is 10.3. The molecule has 0 bridgehead atoms. The molecule has 0 aliphatic rings. The molecule has 0 radical (unpaired) electrons. The van der Waals surface area contributed by atoms with Gasteiger partial charge in [-0.25, -0.2) is 0 Å². The highest BCUT2D eigenvalue weighted by molar-refractivity contribution is 5.84. The lowest BCUT2D eigenvalue weighted by atomic mass is 9.93. The Morgan fingerprint density at radius 3 is 2.35 bits per heavy atom. The number of methoxy groups -OCH3 is 2. The van der Waals surface area contributed by atoms with Gasteiger partial charge >= 0.3 is 0 Å². The van der Waals surface area contributed by atoms with E-state index in [1.165, 1.54) is 0 Å². The first-order valence-electron chi connectivity index (χ1n) is 5.20. The Hall–Kier alpha value is -1.75. The van der Waals surface area contributed by atoms with Gasteiger partial charge in [0.05, 0.1) is 19.8 Å². The molecule has 1 aromatic rings. The normalized spacial score (nSPS) is 13.9. The summed E-state index contributed by atoms with van der Waals surface area (Å²) in [6.45, 7) is 1.60. The number of amides is 1. The molecular formula is C12H18N2O3. The molecule has 17 heavy (non-hydrogen) atoms. The van der Waals surface area contributed by atoms with Gasteiger partial charge in [-0.2, -0.15) is 0 Å². The van der Waals surface area contributed by atoms with Gasteiger partial charge in [-0.15, -0.1) is 0 Å². The maximum atomic E-state index is 11.1. The third-order valence-corrected chi connectivity index (χ3v) is 2.58. The molecular weight excluding hydrogens is 220 g/mol. The Morgan fingerprint density at radius 1 is 1.29 bits per heavy atom. The number of rotatable bonds is 5. The smallest absolute Gasteiger partial charge is 0.237 e. The summed E-state index contributed by atoms with van der Waals surface area (Å²) in [4.78, 5) is 11.1. The molecule has 5 heteroatoms. The fourth-order valence-corrected chi connectivity index (χ4v) is 1.50. The van der Waals surface area contributed by atoms with Crippen molar-refractivity contribution in [2.45, 2.75) is 18.9 Å².